The zero-order chi connectivity index (χ0) is 24.6. The molecule has 0 aliphatic carbocycles. The summed E-state index contributed by atoms with van der Waals surface area (Å²) in [5.74, 6) is 1.89. The fourth-order valence-electron chi connectivity index (χ4n) is 4.27. The van der Waals surface area contributed by atoms with Crippen LogP contribution in [0, 0.1) is 13.8 Å². The zero-order valence-electron chi connectivity index (χ0n) is 20.4. The van der Waals surface area contributed by atoms with E-state index >= 15 is 0 Å². The molecule has 0 aliphatic heterocycles. The maximum atomic E-state index is 12.3. The summed E-state index contributed by atoms with van der Waals surface area (Å²) in [5.41, 5.74) is 5.20. The number of nitrogens with zero attached hydrogens (tertiary/aromatic N) is 2. The highest BCUT2D eigenvalue weighted by atomic mass is 35.5. The number of fused-ring (bicyclic) bond motifs is 1. The van der Waals surface area contributed by atoms with Crippen LogP contribution in [-0.2, 0) is 24.2 Å². The Morgan fingerprint density at radius 1 is 1.00 bits per heavy atom. The minimum absolute atomic E-state index is 0.0312. The number of imidazole rings is 1. The van der Waals surface area contributed by atoms with Gasteiger partial charge < -0.3 is 14.6 Å². The van der Waals surface area contributed by atoms with Gasteiger partial charge in [-0.05, 0) is 67.6 Å². The Balaban J connectivity index is 1.30. The number of aromatic nitrogens is 2. The van der Waals surface area contributed by atoms with E-state index in [1.807, 2.05) is 74.5 Å². The number of ether oxygens (including phenoxy) is 1. The molecule has 0 spiro atoms. The highest BCUT2D eigenvalue weighted by Gasteiger charge is 2.11. The maximum Gasteiger partial charge on any atom is 0.224 e. The second kappa shape index (κ2) is 11.9. The van der Waals surface area contributed by atoms with Crippen LogP contribution in [0.5, 0.6) is 5.75 Å². The minimum atomic E-state index is 0.0312. The molecule has 5 nitrogen and oxygen atoms in total. The molecule has 0 saturated carbocycles. The first kappa shape index (κ1) is 24.8. The third kappa shape index (κ3) is 6.64. The zero-order valence-corrected chi connectivity index (χ0v) is 21.1. The Morgan fingerprint density at radius 2 is 1.71 bits per heavy atom. The number of aryl methyl sites for hydroxylation is 3. The Hall–Kier alpha value is -3.31. The summed E-state index contributed by atoms with van der Waals surface area (Å²) in [6.07, 6.45) is 2.98. The van der Waals surface area contributed by atoms with E-state index < -0.39 is 0 Å². The molecule has 6 heteroatoms. The lowest BCUT2D eigenvalue weighted by Gasteiger charge is -2.12. The Labute approximate surface area is 212 Å². The molecule has 0 fully saturated rings. The molecule has 0 aliphatic rings. The molecule has 182 valence electrons. The van der Waals surface area contributed by atoms with Crippen molar-refractivity contribution in [1.29, 1.82) is 0 Å². The van der Waals surface area contributed by atoms with Crippen molar-refractivity contribution < 1.29 is 9.53 Å². The van der Waals surface area contributed by atoms with E-state index in [1.165, 1.54) is 0 Å². The molecule has 0 unspecified atom stereocenters. The monoisotopic (exact) mass is 489 g/mol. The fraction of sp³-hybridized carbons (Fsp3) is 0.310. The third-order valence-electron chi connectivity index (χ3n) is 6.07. The van der Waals surface area contributed by atoms with E-state index in [-0.39, 0.29) is 5.91 Å². The number of hydrogen-bond acceptors (Lipinski definition) is 3. The van der Waals surface area contributed by atoms with Gasteiger partial charge in [-0.1, -0.05) is 54.1 Å². The van der Waals surface area contributed by atoms with Gasteiger partial charge in [0.2, 0.25) is 5.91 Å². The number of halogens is 1. The van der Waals surface area contributed by atoms with Crippen LogP contribution in [-0.4, -0.2) is 28.6 Å². The number of carbonyl (C=O) groups is 1. The average molecular weight is 490 g/mol. The lowest BCUT2D eigenvalue weighted by Crippen LogP contribution is -2.28. The van der Waals surface area contributed by atoms with E-state index in [4.69, 9.17) is 21.3 Å². The van der Waals surface area contributed by atoms with E-state index in [0.29, 0.717) is 26.0 Å². The molecule has 0 bridgehead atoms. The first-order valence-electron chi connectivity index (χ1n) is 12.2. The van der Waals surface area contributed by atoms with Crippen LogP contribution < -0.4 is 10.1 Å². The van der Waals surface area contributed by atoms with Gasteiger partial charge in [0.25, 0.3) is 0 Å². The minimum Gasteiger partial charge on any atom is -0.494 e. The molecule has 4 rings (SSSR count). The third-order valence-corrected chi connectivity index (χ3v) is 6.66. The fourth-order valence-corrected chi connectivity index (χ4v) is 4.38. The van der Waals surface area contributed by atoms with Gasteiger partial charge in [-0.15, -0.1) is 0 Å². The standard InChI is InChI=1S/C29H32ClN3O2/c1-21-18-24(19-22(2)29(21)30)35-17-9-8-16-33-26-13-7-6-12-25(26)32-27(33)14-15-31-28(34)20-23-10-4-3-5-11-23/h3-7,10-13,18-19H,8-9,14-17,20H2,1-2H3,(H,31,34). The molecule has 0 atom stereocenters. The first-order valence-corrected chi connectivity index (χ1v) is 12.5. The number of unbranched alkanes of at least 4 members (excludes halogenated alkanes) is 1. The van der Waals surface area contributed by atoms with Gasteiger partial charge in [0.1, 0.15) is 11.6 Å². The summed E-state index contributed by atoms with van der Waals surface area (Å²) in [5, 5.41) is 3.84. The molecule has 1 aromatic heterocycles. The van der Waals surface area contributed by atoms with Crippen molar-refractivity contribution in [3.8, 4) is 5.75 Å². The predicted octanol–water partition coefficient (Wildman–Crippen LogP) is 6.07. The molecular formula is C29H32ClN3O2. The smallest absolute Gasteiger partial charge is 0.224 e. The number of para-hydroxylation sites is 2. The molecule has 0 radical (unpaired) electrons. The molecule has 4 aromatic rings. The van der Waals surface area contributed by atoms with Crippen molar-refractivity contribution in [3.05, 3.63) is 94.3 Å². The van der Waals surface area contributed by atoms with E-state index in [2.05, 4.69) is 16.0 Å². The molecule has 0 saturated heterocycles. The van der Waals surface area contributed by atoms with E-state index in [9.17, 15) is 4.79 Å². The van der Waals surface area contributed by atoms with Gasteiger partial charge in [0, 0.05) is 24.5 Å². The van der Waals surface area contributed by atoms with Crippen LogP contribution in [0.2, 0.25) is 5.02 Å². The normalized spacial score (nSPS) is 11.1. The van der Waals surface area contributed by atoms with Crippen molar-refractivity contribution in [1.82, 2.24) is 14.9 Å². The van der Waals surface area contributed by atoms with Gasteiger partial charge in [0.05, 0.1) is 24.1 Å². The molecule has 1 heterocycles. The Kier molecular flexibility index (Phi) is 8.43. The van der Waals surface area contributed by atoms with Crippen molar-refractivity contribution in [2.24, 2.45) is 0 Å². The highest BCUT2D eigenvalue weighted by molar-refractivity contribution is 6.32. The summed E-state index contributed by atoms with van der Waals surface area (Å²) in [6.45, 7) is 6.07. The van der Waals surface area contributed by atoms with Crippen molar-refractivity contribution in [2.75, 3.05) is 13.2 Å². The van der Waals surface area contributed by atoms with Crippen molar-refractivity contribution >= 4 is 28.5 Å². The predicted molar refractivity (Wildman–Crippen MR) is 142 cm³/mol. The van der Waals surface area contributed by atoms with Crippen LogP contribution in [0.25, 0.3) is 11.0 Å². The van der Waals surface area contributed by atoms with Gasteiger partial charge in [-0.3, -0.25) is 4.79 Å². The molecule has 3 aromatic carbocycles. The Bertz CT molecular complexity index is 1260. The van der Waals surface area contributed by atoms with Gasteiger partial charge in [-0.25, -0.2) is 4.98 Å². The summed E-state index contributed by atoms with van der Waals surface area (Å²) in [4.78, 5) is 17.2. The molecule has 35 heavy (non-hydrogen) atoms. The van der Waals surface area contributed by atoms with Crippen LogP contribution in [0.1, 0.15) is 35.4 Å². The topological polar surface area (TPSA) is 56.1 Å². The second-order valence-electron chi connectivity index (χ2n) is 8.86. The number of rotatable bonds is 11. The van der Waals surface area contributed by atoms with Crippen LogP contribution in [0.4, 0.5) is 0 Å². The molecular weight excluding hydrogens is 458 g/mol. The second-order valence-corrected chi connectivity index (χ2v) is 9.24. The lowest BCUT2D eigenvalue weighted by molar-refractivity contribution is -0.120. The summed E-state index contributed by atoms with van der Waals surface area (Å²) in [6, 6.07) is 22.0. The number of nitrogens with one attached hydrogen (secondary N) is 1. The van der Waals surface area contributed by atoms with Crippen LogP contribution in [0.15, 0.2) is 66.7 Å². The van der Waals surface area contributed by atoms with Crippen molar-refractivity contribution in [2.45, 2.75) is 46.1 Å². The largest absolute Gasteiger partial charge is 0.494 e. The Morgan fingerprint density at radius 3 is 2.49 bits per heavy atom. The van der Waals surface area contributed by atoms with Gasteiger partial charge in [-0.2, -0.15) is 0 Å². The number of carbonyl (C=O) groups excluding carboxylic acids is 1. The summed E-state index contributed by atoms with van der Waals surface area (Å²) < 4.78 is 8.24. The summed E-state index contributed by atoms with van der Waals surface area (Å²) >= 11 is 6.26. The lowest BCUT2D eigenvalue weighted by atomic mass is 10.1. The van der Waals surface area contributed by atoms with Gasteiger partial charge >= 0.3 is 0 Å². The number of amides is 1. The van der Waals surface area contributed by atoms with Crippen LogP contribution >= 0.6 is 11.6 Å². The van der Waals surface area contributed by atoms with Gasteiger partial charge in [0.15, 0.2) is 0 Å². The number of benzene rings is 3. The van der Waals surface area contributed by atoms with E-state index in [0.717, 1.165) is 63.7 Å². The van der Waals surface area contributed by atoms with E-state index in [1.54, 1.807) is 0 Å². The first-order chi connectivity index (χ1) is 17.0. The SMILES string of the molecule is Cc1cc(OCCCCn2c(CCNC(=O)Cc3ccccc3)nc3ccccc32)cc(C)c1Cl. The maximum absolute atomic E-state index is 12.3. The summed E-state index contributed by atoms with van der Waals surface area (Å²) in [7, 11) is 0. The van der Waals surface area contributed by atoms with Crippen LogP contribution in [0.3, 0.4) is 0 Å². The molecule has 1 N–H and O–H groups in total. The van der Waals surface area contributed by atoms with Crippen molar-refractivity contribution in [3.63, 3.8) is 0 Å². The highest BCUT2D eigenvalue weighted by Crippen LogP contribution is 2.26. The number of hydrogen-bond donors (Lipinski definition) is 1. The molecule has 1 amide bonds. The average Bonchev–Trinajstić information content (AvgIpc) is 3.20. The quantitative estimate of drug-likeness (QED) is 0.260.